The van der Waals surface area contributed by atoms with Gasteiger partial charge < -0.3 is 14.6 Å². The molecule has 0 spiro atoms. The fraction of sp³-hybridized carbons (Fsp3) is 0.158. The minimum absolute atomic E-state index is 0.120. The van der Waals surface area contributed by atoms with Crippen LogP contribution in [0.1, 0.15) is 24.3 Å². The Morgan fingerprint density at radius 2 is 1.79 bits per heavy atom. The van der Waals surface area contributed by atoms with E-state index in [1.807, 2.05) is 68.4 Å². The van der Waals surface area contributed by atoms with Crippen LogP contribution in [0.3, 0.4) is 0 Å². The van der Waals surface area contributed by atoms with E-state index in [1.54, 1.807) is 6.07 Å². The molecule has 0 saturated carbocycles. The summed E-state index contributed by atoms with van der Waals surface area (Å²) in [6.45, 7) is 3.95. The lowest BCUT2D eigenvalue weighted by molar-refractivity contribution is 0.101. The van der Waals surface area contributed by atoms with Gasteiger partial charge in [0.05, 0.1) is 6.10 Å². The van der Waals surface area contributed by atoms with Gasteiger partial charge in [-0.05, 0) is 50.2 Å². The highest BCUT2D eigenvalue weighted by atomic mass is 16.5. The first-order valence-electron chi connectivity index (χ1n) is 7.72. The summed E-state index contributed by atoms with van der Waals surface area (Å²) in [5.74, 6) is 1.01. The number of nitrogens with zero attached hydrogens (tertiary/aromatic N) is 1. The third-order valence-electron chi connectivity index (χ3n) is 3.29. The number of para-hydroxylation sites is 1. The van der Waals surface area contributed by atoms with E-state index in [0.717, 1.165) is 11.3 Å². The molecule has 0 atom stereocenters. The molecule has 0 saturated heterocycles. The van der Waals surface area contributed by atoms with Crippen molar-refractivity contribution in [2.45, 2.75) is 20.0 Å². The Morgan fingerprint density at radius 1 is 1.08 bits per heavy atom. The number of amides is 1. The van der Waals surface area contributed by atoms with Crippen molar-refractivity contribution < 1.29 is 14.1 Å². The summed E-state index contributed by atoms with van der Waals surface area (Å²) in [6.07, 6.45) is 0.120. The number of carbonyl (C=O) groups excluding carboxylic acids is 1. The summed E-state index contributed by atoms with van der Waals surface area (Å²) in [5.41, 5.74) is 1.77. The molecule has 5 nitrogen and oxygen atoms in total. The monoisotopic (exact) mass is 322 g/mol. The van der Waals surface area contributed by atoms with Crippen molar-refractivity contribution in [3.63, 3.8) is 0 Å². The van der Waals surface area contributed by atoms with Gasteiger partial charge in [-0.1, -0.05) is 23.4 Å². The van der Waals surface area contributed by atoms with Gasteiger partial charge in [-0.3, -0.25) is 4.79 Å². The molecule has 1 heterocycles. The third-order valence-corrected chi connectivity index (χ3v) is 3.29. The minimum Gasteiger partial charge on any atom is -0.491 e. The lowest BCUT2D eigenvalue weighted by Crippen LogP contribution is -2.11. The number of nitrogens with one attached hydrogen (secondary N) is 1. The van der Waals surface area contributed by atoms with E-state index in [1.165, 1.54) is 0 Å². The molecule has 24 heavy (non-hydrogen) atoms. The SMILES string of the molecule is CC(C)Oc1ccc(-c2cc(C(=O)Nc3ccccc3)no2)cc1. The Morgan fingerprint density at radius 3 is 2.46 bits per heavy atom. The molecule has 122 valence electrons. The molecule has 5 heteroatoms. The summed E-state index contributed by atoms with van der Waals surface area (Å²) in [5, 5.41) is 6.61. The standard InChI is InChI=1S/C19H18N2O3/c1-13(2)23-16-10-8-14(9-11-16)18-12-17(21-24-18)19(22)20-15-6-4-3-5-7-15/h3-13H,1-2H3,(H,20,22). The van der Waals surface area contributed by atoms with Crippen LogP contribution in [0.5, 0.6) is 5.75 Å². The molecule has 0 unspecified atom stereocenters. The lowest BCUT2D eigenvalue weighted by atomic mass is 10.1. The summed E-state index contributed by atoms with van der Waals surface area (Å²) >= 11 is 0. The highest BCUT2D eigenvalue weighted by Crippen LogP contribution is 2.24. The first-order valence-corrected chi connectivity index (χ1v) is 7.72. The molecular weight excluding hydrogens is 304 g/mol. The van der Waals surface area contributed by atoms with Crippen molar-refractivity contribution in [2.75, 3.05) is 5.32 Å². The molecule has 0 aliphatic heterocycles. The predicted octanol–water partition coefficient (Wildman–Crippen LogP) is 4.38. The Kier molecular flexibility index (Phi) is 4.61. The van der Waals surface area contributed by atoms with Crippen molar-refractivity contribution in [3.8, 4) is 17.1 Å². The number of anilines is 1. The average Bonchev–Trinajstić information content (AvgIpc) is 3.06. The van der Waals surface area contributed by atoms with Gasteiger partial charge in [0.15, 0.2) is 11.5 Å². The zero-order chi connectivity index (χ0) is 16.9. The van der Waals surface area contributed by atoms with Crippen LogP contribution in [-0.2, 0) is 0 Å². The second-order valence-corrected chi connectivity index (χ2v) is 5.59. The second-order valence-electron chi connectivity index (χ2n) is 5.59. The highest BCUT2D eigenvalue weighted by Gasteiger charge is 2.14. The molecule has 0 aliphatic rings. The van der Waals surface area contributed by atoms with Crippen molar-refractivity contribution in [2.24, 2.45) is 0 Å². The number of rotatable bonds is 5. The molecule has 3 rings (SSSR count). The van der Waals surface area contributed by atoms with Crippen molar-refractivity contribution in [1.82, 2.24) is 5.16 Å². The molecule has 0 bridgehead atoms. The number of carbonyl (C=O) groups is 1. The van der Waals surface area contributed by atoms with E-state index in [4.69, 9.17) is 9.26 Å². The van der Waals surface area contributed by atoms with E-state index in [9.17, 15) is 4.79 Å². The Bertz CT molecular complexity index is 808. The Labute approximate surface area is 140 Å². The first kappa shape index (κ1) is 15.8. The maximum absolute atomic E-state index is 12.2. The summed E-state index contributed by atoms with van der Waals surface area (Å²) in [4.78, 5) is 12.2. The maximum Gasteiger partial charge on any atom is 0.277 e. The number of hydrogen-bond donors (Lipinski definition) is 1. The minimum atomic E-state index is -0.309. The van der Waals surface area contributed by atoms with Gasteiger partial charge >= 0.3 is 0 Å². The van der Waals surface area contributed by atoms with Crippen LogP contribution in [0.2, 0.25) is 0 Å². The number of hydrogen-bond acceptors (Lipinski definition) is 4. The molecule has 3 aromatic rings. The summed E-state index contributed by atoms with van der Waals surface area (Å²) in [7, 11) is 0. The van der Waals surface area contributed by atoms with E-state index in [2.05, 4.69) is 10.5 Å². The number of benzene rings is 2. The van der Waals surface area contributed by atoms with E-state index >= 15 is 0 Å². The van der Waals surface area contributed by atoms with Gasteiger partial charge in [-0.2, -0.15) is 0 Å². The number of ether oxygens (including phenoxy) is 1. The van der Waals surface area contributed by atoms with Crippen LogP contribution < -0.4 is 10.1 Å². The molecule has 0 radical (unpaired) electrons. The van der Waals surface area contributed by atoms with Crippen molar-refractivity contribution >= 4 is 11.6 Å². The van der Waals surface area contributed by atoms with E-state index in [-0.39, 0.29) is 17.7 Å². The van der Waals surface area contributed by atoms with Crippen LogP contribution >= 0.6 is 0 Å². The van der Waals surface area contributed by atoms with Crippen LogP contribution in [0.4, 0.5) is 5.69 Å². The largest absolute Gasteiger partial charge is 0.491 e. The molecule has 1 amide bonds. The predicted molar refractivity (Wildman–Crippen MR) is 92.1 cm³/mol. The normalized spacial score (nSPS) is 10.6. The summed E-state index contributed by atoms with van der Waals surface area (Å²) in [6, 6.07) is 18.3. The fourth-order valence-corrected chi connectivity index (χ4v) is 2.20. The van der Waals surface area contributed by atoms with Gasteiger partial charge in [-0.15, -0.1) is 0 Å². The fourth-order valence-electron chi connectivity index (χ4n) is 2.20. The topological polar surface area (TPSA) is 64.4 Å². The number of aromatic nitrogens is 1. The Balaban J connectivity index is 1.72. The smallest absolute Gasteiger partial charge is 0.277 e. The lowest BCUT2D eigenvalue weighted by Gasteiger charge is -2.09. The van der Waals surface area contributed by atoms with E-state index in [0.29, 0.717) is 11.4 Å². The summed E-state index contributed by atoms with van der Waals surface area (Å²) < 4.78 is 10.9. The van der Waals surface area contributed by atoms with Crippen LogP contribution in [0.25, 0.3) is 11.3 Å². The van der Waals surface area contributed by atoms with Crippen LogP contribution in [-0.4, -0.2) is 17.2 Å². The zero-order valence-corrected chi connectivity index (χ0v) is 13.5. The molecular formula is C19H18N2O3. The maximum atomic E-state index is 12.2. The molecule has 0 aliphatic carbocycles. The van der Waals surface area contributed by atoms with Crippen molar-refractivity contribution in [1.29, 1.82) is 0 Å². The third kappa shape index (κ3) is 3.81. The average molecular weight is 322 g/mol. The van der Waals surface area contributed by atoms with Crippen LogP contribution in [0.15, 0.2) is 65.2 Å². The molecule has 2 aromatic carbocycles. The van der Waals surface area contributed by atoms with E-state index < -0.39 is 0 Å². The first-order chi connectivity index (χ1) is 11.6. The Hall–Kier alpha value is -3.08. The van der Waals surface area contributed by atoms with Gasteiger partial charge in [0.1, 0.15) is 5.75 Å². The molecule has 1 N–H and O–H groups in total. The quantitative estimate of drug-likeness (QED) is 0.757. The van der Waals surface area contributed by atoms with Gasteiger partial charge in [0, 0.05) is 17.3 Å². The highest BCUT2D eigenvalue weighted by molar-refractivity contribution is 6.03. The van der Waals surface area contributed by atoms with Crippen molar-refractivity contribution in [3.05, 3.63) is 66.4 Å². The second kappa shape index (κ2) is 7.00. The van der Waals surface area contributed by atoms with Gasteiger partial charge in [0.2, 0.25) is 0 Å². The molecule has 0 fully saturated rings. The van der Waals surface area contributed by atoms with Gasteiger partial charge in [-0.25, -0.2) is 0 Å². The zero-order valence-electron chi connectivity index (χ0n) is 13.5. The molecule has 1 aromatic heterocycles. The van der Waals surface area contributed by atoms with Gasteiger partial charge in [0.25, 0.3) is 5.91 Å². The van der Waals surface area contributed by atoms with Crippen LogP contribution in [0, 0.1) is 0 Å².